The average Bonchev–Trinajstić information content (AvgIpc) is 2.37. The van der Waals surface area contributed by atoms with E-state index in [0.717, 1.165) is 12.8 Å². The summed E-state index contributed by atoms with van der Waals surface area (Å²) < 4.78 is 5.61. The van der Waals surface area contributed by atoms with E-state index in [0.29, 0.717) is 25.9 Å². The molecule has 2 fully saturated rings. The number of urea groups is 1. The van der Waals surface area contributed by atoms with Crippen LogP contribution in [0.2, 0.25) is 0 Å². The van der Waals surface area contributed by atoms with Crippen LogP contribution in [0.15, 0.2) is 0 Å². The number of aliphatic carboxylic acids is 1. The van der Waals surface area contributed by atoms with Crippen molar-refractivity contribution in [1.29, 1.82) is 0 Å². The molecule has 2 rings (SSSR count). The molecule has 1 saturated heterocycles. The molecule has 0 aromatic rings. The summed E-state index contributed by atoms with van der Waals surface area (Å²) in [6.07, 6.45) is 3.07. The highest BCUT2D eigenvalue weighted by Gasteiger charge is 2.31. The molecular weight excluding hydrogens is 260 g/mol. The highest BCUT2D eigenvalue weighted by atomic mass is 16.5. The molecule has 2 N–H and O–H groups in total. The van der Waals surface area contributed by atoms with Gasteiger partial charge in [0.2, 0.25) is 0 Å². The molecule has 2 amide bonds. The Kier molecular flexibility index (Phi) is 4.86. The third kappa shape index (κ3) is 3.85. The predicted molar refractivity (Wildman–Crippen MR) is 73.5 cm³/mol. The number of carboxylic acids is 1. The largest absolute Gasteiger partial charge is 0.481 e. The lowest BCUT2D eigenvalue weighted by molar-refractivity contribution is -0.143. The van der Waals surface area contributed by atoms with Crippen LogP contribution >= 0.6 is 0 Å². The summed E-state index contributed by atoms with van der Waals surface area (Å²) in [6.45, 7) is 5.09. The summed E-state index contributed by atoms with van der Waals surface area (Å²) in [5.74, 6) is -1.07. The smallest absolute Gasteiger partial charge is 0.317 e. The van der Waals surface area contributed by atoms with Crippen LogP contribution in [0, 0.1) is 5.92 Å². The third-order valence-electron chi connectivity index (χ3n) is 4.06. The van der Waals surface area contributed by atoms with E-state index >= 15 is 0 Å². The minimum atomic E-state index is -0.752. The van der Waals surface area contributed by atoms with Crippen molar-refractivity contribution in [2.45, 2.75) is 57.8 Å². The van der Waals surface area contributed by atoms with E-state index in [4.69, 9.17) is 9.84 Å². The van der Waals surface area contributed by atoms with Crippen molar-refractivity contribution < 1.29 is 19.4 Å². The van der Waals surface area contributed by atoms with Gasteiger partial charge in [-0.1, -0.05) is 6.42 Å². The van der Waals surface area contributed by atoms with E-state index in [-0.39, 0.29) is 30.2 Å². The molecule has 2 aliphatic rings. The molecule has 4 atom stereocenters. The number of carbonyl (C=O) groups excluding carboxylic acids is 1. The SMILES string of the molecule is C[C@@H]1CN(C(=O)NC2CCCC(C(=O)O)C2)C[C@H](C)O1. The number of ether oxygens (including phenoxy) is 1. The van der Waals surface area contributed by atoms with Crippen LogP contribution in [-0.4, -0.2) is 53.3 Å². The molecule has 0 aromatic carbocycles. The molecule has 0 spiro atoms. The fraction of sp³-hybridized carbons (Fsp3) is 0.857. The Bertz CT molecular complexity index is 364. The number of amides is 2. The molecule has 1 heterocycles. The minimum Gasteiger partial charge on any atom is -0.481 e. The van der Waals surface area contributed by atoms with Crippen LogP contribution in [0.1, 0.15) is 39.5 Å². The molecule has 6 nitrogen and oxygen atoms in total. The molecule has 1 aliphatic carbocycles. The number of nitrogens with zero attached hydrogens (tertiary/aromatic N) is 1. The van der Waals surface area contributed by atoms with Crippen molar-refractivity contribution >= 4 is 12.0 Å². The summed E-state index contributed by atoms with van der Waals surface area (Å²) >= 11 is 0. The van der Waals surface area contributed by atoms with Crippen molar-refractivity contribution in [3.05, 3.63) is 0 Å². The fourth-order valence-electron chi connectivity index (χ4n) is 3.15. The van der Waals surface area contributed by atoms with E-state index in [1.54, 1.807) is 4.90 Å². The van der Waals surface area contributed by atoms with Gasteiger partial charge in [-0.3, -0.25) is 4.79 Å². The van der Waals surface area contributed by atoms with Crippen LogP contribution in [0.5, 0.6) is 0 Å². The van der Waals surface area contributed by atoms with E-state index in [2.05, 4.69) is 5.32 Å². The lowest BCUT2D eigenvalue weighted by Gasteiger charge is -2.37. The summed E-state index contributed by atoms with van der Waals surface area (Å²) in [5.41, 5.74) is 0. The van der Waals surface area contributed by atoms with Crippen LogP contribution in [-0.2, 0) is 9.53 Å². The molecule has 20 heavy (non-hydrogen) atoms. The molecule has 0 bridgehead atoms. The lowest BCUT2D eigenvalue weighted by atomic mass is 9.86. The Morgan fingerprint density at radius 2 is 1.85 bits per heavy atom. The van der Waals surface area contributed by atoms with Gasteiger partial charge in [0.05, 0.1) is 18.1 Å². The second-order valence-electron chi connectivity index (χ2n) is 6.01. The van der Waals surface area contributed by atoms with Gasteiger partial charge in [-0.15, -0.1) is 0 Å². The quantitative estimate of drug-likeness (QED) is 0.804. The Hall–Kier alpha value is -1.30. The summed E-state index contributed by atoms with van der Waals surface area (Å²) in [7, 11) is 0. The van der Waals surface area contributed by atoms with Crippen LogP contribution in [0.4, 0.5) is 4.79 Å². The van der Waals surface area contributed by atoms with E-state index in [9.17, 15) is 9.59 Å². The van der Waals surface area contributed by atoms with Crippen molar-refractivity contribution in [3.63, 3.8) is 0 Å². The number of carboxylic acid groups (broad SMARTS) is 1. The highest BCUT2D eigenvalue weighted by molar-refractivity contribution is 5.75. The number of morpholine rings is 1. The normalized spacial score (nSPS) is 34.6. The van der Waals surface area contributed by atoms with Gasteiger partial charge < -0.3 is 20.1 Å². The molecule has 0 radical (unpaired) electrons. The monoisotopic (exact) mass is 284 g/mol. The van der Waals surface area contributed by atoms with Crippen molar-refractivity contribution in [1.82, 2.24) is 10.2 Å². The van der Waals surface area contributed by atoms with Gasteiger partial charge in [0.1, 0.15) is 0 Å². The first kappa shape index (κ1) is 15.1. The first-order valence-corrected chi connectivity index (χ1v) is 7.39. The Morgan fingerprint density at radius 3 is 2.45 bits per heavy atom. The maximum atomic E-state index is 12.2. The van der Waals surface area contributed by atoms with Gasteiger partial charge in [-0.05, 0) is 33.1 Å². The van der Waals surface area contributed by atoms with Crippen LogP contribution in [0.25, 0.3) is 0 Å². The number of nitrogens with one attached hydrogen (secondary N) is 1. The summed E-state index contributed by atoms with van der Waals surface area (Å²) in [6, 6.07) is -0.117. The standard InChI is InChI=1S/C14H24N2O4/c1-9-7-16(8-10(2)20-9)14(19)15-12-5-3-4-11(6-12)13(17)18/h9-12H,3-8H2,1-2H3,(H,15,19)(H,17,18)/t9-,10+,11?,12?. The number of carbonyl (C=O) groups is 2. The van der Waals surface area contributed by atoms with Crippen molar-refractivity contribution in [2.24, 2.45) is 5.92 Å². The van der Waals surface area contributed by atoms with Crippen LogP contribution < -0.4 is 5.32 Å². The number of rotatable bonds is 2. The number of hydrogen-bond donors (Lipinski definition) is 2. The van der Waals surface area contributed by atoms with E-state index < -0.39 is 5.97 Å². The predicted octanol–water partition coefficient (Wildman–Crippen LogP) is 1.45. The molecule has 6 heteroatoms. The zero-order valence-corrected chi connectivity index (χ0v) is 12.2. The minimum absolute atomic E-state index is 0.0224. The van der Waals surface area contributed by atoms with Gasteiger partial charge in [0.15, 0.2) is 0 Å². The fourth-order valence-corrected chi connectivity index (χ4v) is 3.15. The van der Waals surface area contributed by atoms with Gasteiger partial charge >= 0.3 is 12.0 Å². The summed E-state index contributed by atoms with van der Waals surface area (Å²) in [5, 5.41) is 12.1. The van der Waals surface area contributed by atoms with Gasteiger partial charge in [-0.2, -0.15) is 0 Å². The molecule has 1 aliphatic heterocycles. The Balaban J connectivity index is 1.86. The lowest BCUT2D eigenvalue weighted by Crippen LogP contribution is -2.54. The second-order valence-corrected chi connectivity index (χ2v) is 6.01. The maximum absolute atomic E-state index is 12.2. The van der Waals surface area contributed by atoms with E-state index in [1.807, 2.05) is 13.8 Å². The average molecular weight is 284 g/mol. The third-order valence-corrected chi connectivity index (χ3v) is 4.06. The first-order chi connectivity index (χ1) is 9.45. The zero-order chi connectivity index (χ0) is 14.7. The molecule has 2 unspecified atom stereocenters. The van der Waals surface area contributed by atoms with Gasteiger partial charge in [0, 0.05) is 19.1 Å². The van der Waals surface area contributed by atoms with Crippen molar-refractivity contribution in [3.8, 4) is 0 Å². The first-order valence-electron chi connectivity index (χ1n) is 7.39. The van der Waals surface area contributed by atoms with Gasteiger partial charge in [0.25, 0.3) is 0 Å². The molecular formula is C14H24N2O4. The topological polar surface area (TPSA) is 78.9 Å². The zero-order valence-electron chi connectivity index (χ0n) is 12.2. The van der Waals surface area contributed by atoms with Gasteiger partial charge in [-0.25, -0.2) is 4.79 Å². The summed E-state index contributed by atoms with van der Waals surface area (Å²) in [4.78, 5) is 25.0. The molecule has 114 valence electrons. The second kappa shape index (κ2) is 6.43. The maximum Gasteiger partial charge on any atom is 0.317 e. The number of hydrogen-bond acceptors (Lipinski definition) is 3. The highest BCUT2D eigenvalue weighted by Crippen LogP contribution is 2.24. The van der Waals surface area contributed by atoms with Crippen molar-refractivity contribution in [2.75, 3.05) is 13.1 Å². The molecule has 1 saturated carbocycles. The van der Waals surface area contributed by atoms with E-state index in [1.165, 1.54) is 0 Å². The molecule has 0 aromatic heterocycles. The Morgan fingerprint density at radius 1 is 1.20 bits per heavy atom. The van der Waals surface area contributed by atoms with Crippen LogP contribution in [0.3, 0.4) is 0 Å². The Labute approximate surface area is 119 Å².